The molecule has 2 rings (SSSR count). The van der Waals surface area contributed by atoms with Gasteiger partial charge in [0.2, 0.25) is 22.3 Å². The van der Waals surface area contributed by atoms with E-state index in [1.807, 2.05) is 19.1 Å². The van der Waals surface area contributed by atoms with E-state index in [0.717, 1.165) is 22.5 Å². The molecule has 0 spiro atoms. The van der Waals surface area contributed by atoms with Gasteiger partial charge in [-0.05, 0) is 26.0 Å². The number of sulfonamides is 1. The molecule has 7 nitrogen and oxygen atoms in total. The maximum absolute atomic E-state index is 12.7. The molecular formula is C16H23N3O4S. The summed E-state index contributed by atoms with van der Waals surface area (Å²) in [6, 6.07) is 6.18. The van der Waals surface area contributed by atoms with E-state index < -0.39 is 16.1 Å². The molecule has 1 saturated heterocycles. The van der Waals surface area contributed by atoms with Crippen LogP contribution in [0.15, 0.2) is 24.3 Å². The van der Waals surface area contributed by atoms with Crippen molar-refractivity contribution in [1.29, 1.82) is 0 Å². The Labute approximate surface area is 142 Å². The van der Waals surface area contributed by atoms with E-state index in [0.29, 0.717) is 31.9 Å². The van der Waals surface area contributed by atoms with Crippen molar-refractivity contribution in [1.82, 2.24) is 9.80 Å². The van der Waals surface area contributed by atoms with Gasteiger partial charge in [-0.25, -0.2) is 8.42 Å². The number of piperazine rings is 1. The molecule has 1 aliphatic rings. The number of amides is 2. The van der Waals surface area contributed by atoms with Crippen molar-refractivity contribution < 1.29 is 18.0 Å². The molecule has 8 heteroatoms. The monoisotopic (exact) mass is 353 g/mol. The normalized spacial score (nSPS) is 16.6. The molecule has 24 heavy (non-hydrogen) atoms. The molecule has 0 N–H and O–H groups in total. The van der Waals surface area contributed by atoms with E-state index in [-0.39, 0.29) is 5.91 Å². The van der Waals surface area contributed by atoms with Gasteiger partial charge in [0.1, 0.15) is 6.04 Å². The molecular weight excluding hydrogens is 330 g/mol. The fourth-order valence-corrected chi connectivity index (χ4v) is 3.98. The highest BCUT2D eigenvalue weighted by molar-refractivity contribution is 7.92. The van der Waals surface area contributed by atoms with Crippen LogP contribution in [0.3, 0.4) is 0 Å². The first-order valence-electron chi connectivity index (χ1n) is 7.78. The maximum Gasteiger partial charge on any atom is 0.246 e. The molecule has 0 unspecified atom stereocenters. The third-order valence-corrected chi connectivity index (χ3v) is 5.37. The van der Waals surface area contributed by atoms with Crippen LogP contribution in [0.5, 0.6) is 0 Å². The number of carbonyl (C=O) groups excluding carboxylic acids is 2. The van der Waals surface area contributed by atoms with E-state index in [1.54, 1.807) is 28.9 Å². The van der Waals surface area contributed by atoms with Crippen molar-refractivity contribution in [2.45, 2.75) is 19.9 Å². The smallest absolute Gasteiger partial charge is 0.246 e. The van der Waals surface area contributed by atoms with E-state index in [1.165, 1.54) is 0 Å². The molecule has 1 fully saturated rings. The predicted molar refractivity (Wildman–Crippen MR) is 92.2 cm³/mol. The zero-order valence-corrected chi connectivity index (χ0v) is 15.0. The third-order valence-electron chi connectivity index (χ3n) is 4.13. The summed E-state index contributed by atoms with van der Waals surface area (Å²) in [6.07, 6.45) is 1.86. The molecule has 0 bridgehead atoms. The number of aryl methyl sites for hydroxylation is 1. The SMILES string of the molecule is Cc1ccc(N([C@H](C)C(=O)N2CCN(C=O)CC2)S(C)(=O)=O)cc1. The van der Waals surface area contributed by atoms with E-state index in [4.69, 9.17) is 0 Å². The van der Waals surface area contributed by atoms with Gasteiger partial charge in [-0.3, -0.25) is 13.9 Å². The summed E-state index contributed by atoms with van der Waals surface area (Å²) in [5.41, 5.74) is 1.48. The van der Waals surface area contributed by atoms with Gasteiger partial charge in [-0.15, -0.1) is 0 Å². The van der Waals surface area contributed by atoms with Crippen LogP contribution in [0, 0.1) is 6.92 Å². The highest BCUT2D eigenvalue weighted by Gasteiger charge is 2.33. The van der Waals surface area contributed by atoms with Gasteiger partial charge < -0.3 is 9.80 Å². The van der Waals surface area contributed by atoms with E-state index in [2.05, 4.69) is 0 Å². The number of benzene rings is 1. The topological polar surface area (TPSA) is 78.0 Å². The minimum atomic E-state index is -3.61. The molecule has 0 aromatic heterocycles. The summed E-state index contributed by atoms with van der Waals surface area (Å²) in [4.78, 5) is 26.7. The fourth-order valence-electron chi connectivity index (χ4n) is 2.81. The van der Waals surface area contributed by atoms with Crippen molar-refractivity contribution in [3.63, 3.8) is 0 Å². The average molecular weight is 353 g/mol. The molecule has 1 aromatic carbocycles. The Morgan fingerprint density at radius 2 is 1.71 bits per heavy atom. The van der Waals surface area contributed by atoms with Crippen LogP contribution < -0.4 is 4.31 Å². The van der Waals surface area contributed by atoms with Crippen molar-refractivity contribution in [3.05, 3.63) is 29.8 Å². The summed E-state index contributed by atoms with van der Waals surface area (Å²) >= 11 is 0. The largest absolute Gasteiger partial charge is 0.342 e. The highest BCUT2D eigenvalue weighted by Crippen LogP contribution is 2.22. The number of nitrogens with zero attached hydrogens (tertiary/aromatic N) is 3. The summed E-state index contributed by atoms with van der Waals surface area (Å²) in [6.45, 7) is 5.25. The lowest BCUT2D eigenvalue weighted by molar-refractivity contribution is -0.135. The lowest BCUT2D eigenvalue weighted by Crippen LogP contribution is -2.55. The van der Waals surface area contributed by atoms with Gasteiger partial charge in [0.25, 0.3) is 0 Å². The molecule has 0 saturated carbocycles. The molecule has 1 aliphatic heterocycles. The highest BCUT2D eigenvalue weighted by atomic mass is 32.2. The van der Waals surface area contributed by atoms with Gasteiger partial charge in [0, 0.05) is 26.2 Å². The zero-order valence-electron chi connectivity index (χ0n) is 14.2. The van der Waals surface area contributed by atoms with E-state index in [9.17, 15) is 18.0 Å². The van der Waals surface area contributed by atoms with Gasteiger partial charge in [0.15, 0.2) is 0 Å². The molecule has 2 amide bonds. The molecule has 0 aliphatic carbocycles. The average Bonchev–Trinajstić information content (AvgIpc) is 2.55. The van der Waals surface area contributed by atoms with Gasteiger partial charge in [0.05, 0.1) is 11.9 Å². The number of rotatable bonds is 5. The van der Waals surface area contributed by atoms with Crippen molar-refractivity contribution in [2.24, 2.45) is 0 Å². The maximum atomic E-state index is 12.7. The molecule has 1 atom stereocenters. The van der Waals surface area contributed by atoms with Crippen LogP contribution >= 0.6 is 0 Å². The summed E-state index contributed by atoms with van der Waals surface area (Å²) in [7, 11) is -3.61. The van der Waals surface area contributed by atoms with Crippen LogP contribution in [0.25, 0.3) is 0 Å². The predicted octanol–water partition coefficient (Wildman–Crippen LogP) is 0.450. The number of hydrogen-bond donors (Lipinski definition) is 0. The number of anilines is 1. The summed E-state index contributed by atoms with van der Waals surface area (Å²) in [5.74, 6) is -0.258. The first-order valence-corrected chi connectivity index (χ1v) is 9.63. The lowest BCUT2D eigenvalue weighted by atomic mass is 10.2. The molecule has 1 heterocycles. The van der Waals surface area contributed by atoms with Crippen LogP contribution in [0.2, 0.25) is 0 Å². The van der Waals surface area contributed by atoms with Crippen molar-refractivity contribution >= 4 is 28.0 Å². The Balaban J connectivity index is 2.22. The molecule has 1 aromatic rings. The van der Waals surface area contributed by atoms with Crippen LogP contribution in [-0.4, -0.2) is 69.0 Å². The second-order valence-electron chi connectivity index (χ2n) is 6.04. The standard InChI is InChI=1S/C16H23N3O4S/c1-13-4-6-15(7-5-13)19(24(3,22)23)14(2)16(21)18-10-8-17(12-20)9-11-18/h4-7,12,14H,8-11H2,1-3H3/t14-/m1/s1. The van der Waals surface area contributed by atoms with Gasteiger partial charge >= 0.3 is 0 Å². The summed E-state index contributed by atoms with van der Waals surface area (Å²) in [5, 5.41) is 0. The third kappa shape index (κ3) is 4.05. The number of carbonyl (C=O) groups is 2. The van der Waals surface area contributed by atoms with Crippen LogP contribution in [-0.2, 0) is 19.6 Å². The van der Waals surface area contributed by atoms with Crippen molar-refractivity contribution in [2.75, 3.05) is 36.7 Å². The second kappa shape index (κ2) is 7.21. The fraction of sp³-hybridized carbons (Fsp3) is 0.500. The first-order chi connectivity index (χ1) is 11.2. The Morgan fingerprint density at radius 1 is 1.17 bits per heavy atom. The molecule has 0 radical (unpaired) electrons. The Hall–Kier alpha value is -2.09. The quantitative estimate of drug-likeness (QED) is 0.720. The first kappa shape index (κ1) is 18.3. The second-order valence-corrected chi connectivity index (χ2v) is 7.90. The van der Waals surface area contributed by atoms with Gasteiger partial charge in [-0.2, -0.15) is 0 Å². The Kier molecular flexibility index (Phi) is 5.48. The van der Waals surface area contributed by atoms with Crippen LogP contribution in [0.4, 0.5) is 5.69 Å². The van der Waals surface area contributed by atoms with Crippen molar-refractivity contribution in [3.8, 4) is 0 Å². The Morgan fingerprint density at radius 3 is 2.17 bits per heavy atom. The zero-order chi connectivity index (χ0) is 17.9. The lowest BCUT2D eigenvalue weighted by Gasteiger charge is -2.36. The summed E-state index contributed by atoms with van der Waals surface area (Å²) < 4.78 is 25.6. The molecule has 132 valence electrons. The minimum absolute atomic E-state index is 0.258. The van der Waals surface area contributed by atoms with Crippen LogP contribution in [0.1, 0.15) is 12.5 Å². The minimum Gasteiger partial charge on any atom is -0.342 e. The van der Waals surface area contributed by atoms with E-state index >= 15 is 0 Å². The number of hydrogen-bond acceptors (Lipinski definition) is 4. The Bertz CT molecular complexity index is 695. The van der Waals surface area contributed by atoms with Gasteiger partial charge in [-0.1, -0.05) is 17.7 Å².